The fourth-order valence-corrected chi connectivity index (χ4v) is 3.79. The monoisotopic (exact) mass is 427 g/mol. The largest absolute Gasteiger partial charge is 0.334 e. The molecule has 1 unspecified atom stereocenters. The molecule has 6 nitrogen and oxygen atoms in total. The summed E-state index contributed by atoms with van der Waals surface area (Å²) in [4.78, 5) is 41.0. The SMILES string of the molecule is Cc1ccc(C2(C)NC(=O)N(CC(=O)N(Cc3ccc(F)cc3F)C3CC3)C2=O)cc1. The second kappa shape index (κ2) is 7.76. The molecular weight excluding hydrogens is 404 g/mol. The van der Waals surface area contributed by atoms with Crippen LogP contribution in [0.15, 0.2) is 42.5 Å². The van der Waals surface area contributed by atoms with Crippen LogP contribution in [-0.2, 0) is 21.7 Å². The molecule has 4 amide bonds. The molecule has 2 aromatic rings. The lowest BCUT2D eigenvalue weighted by Crippen LogP contribution is -2.45. The third-order valence-corrected chi connectivity index (χ3v) is 5.86. The van der Waals surface area contributed by atoms with Gasteiger partial charge in [-0.1, -0.05) is 35.9 Å². The molecule has 1 aliphatic carbocycles. The quantitative estimate of drug-likeness (QED) is 0.720. The van der Waals surface area contributed by atoms with Gasteiger partial charge in [-0.05, 0) is 38.3 Å². The van der Waals surface area contributed by atoms with Crippen molar-refractivity contribution in [3.8, 4) is 0 Å². The van der Waals surface area contributed by atoms with Gasteiger partial charge >= 0.3 is 6.03 Å². The molecule has 1 saturated heterocycles. The van der Waals surface area contributed by atoms with Gasteiger partial charge in [-0.3, -0.25) is 14.5 Å². The van der Waals surface area contributed by atoms with Crippen molar-refractivity contribution in [2.24, 2.45) is 0 Å². The number of hydrogen-bond acceptors (Lipinski definition) is 3. The molecule has 1 atom stereocenters. The number of carbonyl (C=O) groups is 3. The van der Waals surface area contributed by atoms with Gasteiger partial charge in [0.15, 0.2) is 0 Å². The minimum Gasteiger partial charge on any atom is -0.334 e. The number of halogens is 2. The first-order valence-electron chi connectivity index (χ1n) is 10.1. The summed E-state index contributed by atoms with van der Waals surface area (Å²) in [5.74, 6) is -2.40. The highest BCUT2D eigenvalue weighted by atomic mass is 19.1. The third-order valence-electron chi connectivity index (χ3n) is 5.86. The van der Waals surface area contributed by atoms with Crippen molar-refractivity contribution in [2.45, 2.75) is 44.8 Å². The molecule has 162 valence electrons. The fourth-order valence-electron chi connectivity index (χ4n) is 3.79. The first-order chi connectivity index (χ1) is 14.7. The van der Waals surface area contributed by atoms with Crippen molar-refractivity contribution in [2.75, 3.05) is 6.54 Å². The van der Waals surface area contributed by atoms with Crippen LogP contribution in [0.4, 0.5) is 13.6 Å². The maximum Gasteiger partial charge on any atom is 0.325 e. The van der Waals surface area contributed by atoms with E-state index >= 15 is 0 Å². The number of carbonyl (C=O) groups excluding carboxylic acids is 3. The van der Waals surface area contributed by atoms with E-state index in [0.29, 0.717) is 5.56 Å². The van der Waals surface area contributed by atoms with E-state index in [-0.39, 0.29) is 18.2 Å². The van der Waals surface area contributed by atoms with E-state index < -0.39 is 41.6 Å². The number of urea groups is 1. The predicted octanol–water partition coefficient (Wildman–Crippen LogP) is 3.23. The second-order valence-electron chi connectivity index (χ2n) is 8.30. The molecule has 2 fully saturated rings. The summed E-state index contributed by atoms with van der Waals surface area (Å²) in [7, 11) is 0. The van der Waals surface area contributed by atoms with Gasteiger partial charge in [-0.15, -0.1) is 0 Å². The van der Waals surface area contributed by atoms with Gasteiger partial charge in [0, 0.05) is 24.2 Å². The number of benzene rings is 2. The van der Waals surface area contributed by atoms with Gasteiger partial charge in [-0.25, -0.2) is 13.6 Å². The summed E-state index contributed by atoms with van der Waals surface area (Å²) >= 11 is 0. The van der Waals surface area contributed by atoms with Crippen LogP contribution in [0.2, 0.25) is 0 Å². The van der Waals surface area contributed by atoms with Crippen molar-refractivity contribution in [3.05, 3.63) is 70.8 Å². The Morgan fingerprint density at radius 1 is 1.16 bits per heavy atom. The summed E-state index contributed by atoms with van der Waals surface area (Å²) in [5, 5.41) is 2.69. The molecule has 31 heavy (non-hydrogen) atoms. The second-order valence-corrected chi connectivity index (χ2v) is 8.30. The van der Waals surface area contributed by atoms with E-state index in [0.717, 1.165) is 35.4 Å². The van der Waals surface area contributed by atoms with Crippen LogP contribution in [0.1, 0.15) is 36.5 Å². The molecular formula is C23H23F2N3O3. The number of amides is 4. The molecule has 0 spiro atoms. The zero-order valence-corrected chi connectivity index (χ0v) is 17.3. The van der Waals surface area contributed by atoms with Gasteiger partial charge in [0.2, 0.25) is 5.91 Å². The van der Waals surface area contributed by atoms with Gasteiger partial charge in [-0.2, -0.15) is 0 Å². The molecule has 2 aromatic carbocycles. The Kier molecular flexibility index (Phi) is 5.24. The lowest BCUT2D eigenvalue weighted by atomic mass is 9.91. The summed E-state index contributed by atoms with van der Waals surface area (Å²) in [5.41, 5.74) is 0.560. The molecule has 0 aromatic heterocycles. The number of nitrogens with zero attached hydrogens (tertiary/aromatic N) is 2. The molecule has 0 radical (unpaired) electrons. The summed E-state index contributed by atoms with van der Waals surface area (Å²) in [6, 6.07) is 9.72. The van der Waals surface area contributed by atoms with Crippen LogP contribution >= 0.6 is 0 Å². The number of nitrogens with one attached hydrogen (secondary N) is 1. The lowest BCUT2D eigenvalue weighted by molar-refractivity contribution is -0.139. The number of imide groups is 1. The molecule has 0 bridgehead atoms. The van der Waals surface area contributed by atoms with Crippen LogP contribution in [-0.4, -0.2) is 40.2 Å². The topological polar surface area (TPSA) is 69.7 Å². The van der Waals surface area contributed by atoms with Crippen LogP contribution < -0.4 is 5.32 Å². The average molecular weight is 427 g/mol. The number of hydrogen-bond donors (Lipinski definition) is 1. The smallest absolute Gasteiger partial charge is 0.325 e. The average Bonchev–Trinajstić information content (AvgIpc) is 3.53. The van der Waals surface area contributed by atoms with Gasteiger partial charge in [0.1, 0.15) is 23.7 Å². The molecule has 1 heterocycles. The standard InChI is InChI=1S/C23H23F2N3O3/c1-14-3-6-16(7-4-14)23(2)21(30)28(22(31)26-23)13-20(29)27(18-9-10-18)12-15-5-8-17(24)11-19(15)25/h3-8,11,18H,9-10,12-13H2,1-2H3,(H,26,31). The Morgan fingerprint density at radius 3 is 2.45 bits per heavy atom. The van der Waals surface area contributed by atoms with E-state index in [1.165, 1.54) is 11.0 Å². The Balaban J connectivity index is 1.51. The molecule has 1 aliphatic heterocycles. The van der Waals surface area contributed by atoms with E-state index in [1.807, 2.05) is 19.1 Å². The molecule has 8 heteroatoms. The van der Waals surface area contributed by atoms with Crippen LogP contribution in [0, 0.1) is 18.6 Å². The number of aryl methyl sites for hydroxylation is 1. The van der Waals surface area contributed by atoms with Crippen LogP contribution in [0.5, 0.6) is 0 Å². The van der Waals surface area contributed by atoms with E-state index in [1.54, 1.807) is 19.1 Å². The molecule has 4 rings (SSSR count). The molecule has 2 aliphatic rings. The van der Waals surface area contributed by atoms with E-state index in [9.17, 15) is 23.2 Å². The third kappa shape index (κ3) is 4.02. The first-order valence-corrected chi connectivity index (χ1v) is 10.1. The van der Waals surface area contributed by atoms with Crippen molar-refractivity contribution < 1.29 is 23.2 Å². The minimum absolute atomic E-state index is 0.0471. The van der Waals surface area contributed by atoms with Gasteiger partial charge < -0.3 is 10.2 Å². The first kappa shape index (κ1) is 21.0. The zero-order chi connectivity index (χ0) is 22.3. The van der Waals surface area contributed by atoms with Crippen LogP contribution in [0.25, 0.3) is 0 Å². The predicted molar refractivity (Wildman–Crippen MR) is 109 cm³/mol. The molecule has 1 N–H and O–H groups in total. The molecule has 1 saturated carbocycles. The van der Waals surface area contributed by atoms with Crippen molar-refractivity contribution in [3.63, 3.8) is 0 Å². The maximum absolute atomic E-state index is 14.1. The maximum atomic E-state index is 14.1. The number of rotatable bonds is 6. The van der Waals surface area contributed by atoms with E-state index in [2.05, 4.69) is 5.32 Å². The van der Waals surface area contributed by atoms with Crippen LogP contribution in [0.3, 0.4) is 0 Å². The van der Waals surface area contributed by atoms with Crippen molar-refractivity contribution >= 4 is 17.8 Å². The Labute approximate surface area is 178 Å². The Hall–Kier alpha value is -3.29. The van der Waals surface area contributed by atoms with Crippen molar-refractivity contribution in [1.29, 1.82) is 0 Å². The highest BCUT2D eigenvalue weighted by molar-refractivity contribution is 6.09. The fraction of sp³-hybridized carbons (Fsp3) is 0.348. The summed E-state index contributed by atoms with van der Waals surface area (Å²) in [6.45, 7) is 3.04. The van der Waals surface area contributed by atoms with Crippen molar-refractivity contribution in [1.82, 2.24) is 15.1 Å². The summed E-state index contributed by atoms with van der Waals surface area (Å²) < 4.78 is 27.3. The van der Waals surface area contributed by atoms with E-state index in [4.69, 9.17) is 0 Å². The zero-order valence-electron chi connectivity index (χ0n) is 17.3. The Bertz CT molecular complexity index is 1050. The van der Waals surface area contributed by atoms with Gasteiger partial charge in [0.05, 0.1) is 0 Å². The highest BCUT2D eigenvalue weighted by Gasteiger charge is 2.50. The normalized spacial score (nSPS) is 20.7. The minimum atomic E-state index is -1.27. The Morgan fingerprint density at radius 2 is 1.84 bits per heavy atom. The highest BCUT2D eigenvalue weighted by Crippen LogP contribution is 2.31. The lowest BCUT2D eigenvalue weighted by Gasteiger charge is -2.26. The van der Waals surface area contributed by atoms with Gasteiger partial charge in [0.25, 0.3) is 5.91 Å². The summed E-state index contributed by atoms with van der Waals surface area (Å²) in [6.07, 6.45) is 1.52.